The molecule has 1 atom stereocenters. The van der Waals surface area contributed by atoms with Gasteiger partial charge in [-0.3, -0.25) is 4.79 Å². The Balaban J connectivity index is 1.18. The molecule has 1 fully saturated rings. The molecule has 2 aromatic carbocycles. The van der Waals surface area contributed by atoms with Crippen molar-refractivity contribution in [3.05, 3.63) is 77.1 Å². The minimum atomic E-state index is -0.288. The monoisotopic (exact) mass is 517 g/mol. The lowest BCUT2D eigenvalue weighted by Crippen LogP contribution is -2.43. The molecular weight excluding hydrogens is 493 g/mol. The minimum Gasteiger partial charge on any atom is -0.357 e. The zero-order valence-electron chi connectivity index (χ0n) is 20.2. The van der Waals surface area contributed by atoms with Gasteiger partial charge in [-0.05, 0) is 61.7 Å². The summed E-state index contributed by atoms with van der Waals surface area (Å²) < 4.78 is 15.7. The number of carbonyl (C=O) groups excluding carboxylic acids is 1. The predicted octanol–water partition coefficient (Wildman–Crippen LogP) is 4.93. The highest BCUT2D eigenvalue weighted by molar-refractivity contribution is 6.31. The van der Waals surface area contributed by atoms with Crippen molar-refractivity contribution in [3.63, 3.8) is 0 Å². The van der Waals surface area contributed by atoms with Crippen LogP contribution in [-0.2, 0) is 11.3 Å². The zero-order valence-corrected chi connectivity index (χ0v) is 21.0. The van der Waals surface area contributed by atoms with E-state index in [4.69, 9.17) is 11.6 Å². The Bertz CT molecular complexity index is 1630. The molecule has 1 unspecified atom stereocenters. The maximum atomic E-state index is 14.1. The molecule has 8 nitrogen and oxygen atoms in total. The highest BCUT2D eigenvalue weighted by atomic mass is 35.5. The average molecular weight is 518 g/mol. The van der Waals surface area contributed by atoms with Gasteiger partial charge in [-0.15, -0.1) is 5.10 Å². The molecule has 0 aliphatic carbocycles. The smallest absolute Gasteiger partial charge is 0.225 e. The summed E-state index contributed by atoms with van der Waals surface area (Å²) >= 11 is 6.08. The first-order valence-electron chi connectivity index (χ1n) is 12.2. The van der Waals surface area contributed by atoms with Gasteiger partial charge in [-0.25, -0.2) is 19.0 Å². The lowest BCUT2D eigenvalue weighted by atomic mass is 9.97. The lowest BCUT2D eigenvalue weighted by molar-refractivity contribution is -0.125. The van der Waals surface area contributed by atoms with Crippen molar-refractivity contribution in [3.8, 4) is 5.69 Å². The first kappa shape index (κ1) is 23.4. The van der Waals surface area contributed by atoms with Crippen LogP contribution in [0.15, 0.2) is 55.0 Å². The highest BCUT2D eigenvalue weighted by Gasteiger charge is 2.28. The van der Waals surface area contributed by atoms with Crippen LogP contribution in [0, 0.1) is 18.7 Å². The average Bonchev–Trinajstić information content (AvgIpc) is 3.52. The van der Waals surface area contributed by atoms with Crippen LogP contribution in [0.2, 0.25) is 5.02 Å². The Morgan fingerprint density at radius 3 is 2.97 bits per heavy atom. The van der Waals surface area contributed by atoms with Gasteiger partial charge in [-0.1, -0.05) is 17.7 Å². The molecule has 1 saturated heterocycles. The Kier molecular flexibility index (Phi) is 6.00. The molecule has 0 bridgehead atoms. The van der Waals surface area contributed by atoms with Crippen LogP contribution in [0.3, 0.4) is 0 Å². The normalized spacial score (nSPS) is 16.0. The van der Waals surface area contributed by atoms with E-state index in [2.05, 4.69) is 30.3 Å². The number of aryl methyl sites for hydroxylation is 1. The van der Waals surface area contributed by atoms with E-state index in [1.165, 1.54) is 12.4 Å². The third-order valence-electron chi connectivity index (χ3n) is 6.90. The van der Waals surface area contributed by atoms with E-state index >= 15 is 0 Å². The minimum absolute atomic E-state index is 0.0116. The predicted molar refractivity (Wildman–Crippen MR) is 141 cm³/mol. The third kappa shape index (κ3) is 4.62. The Morgan fingerprint density at radius 2 is 2.11 bits per heavy atom. The van der Waals surface area contributed by atoms with Crippen LogP contribution in [0.4, 0.5) is 10.2 Å². The van der Waals surface area contributed by atoms with Crippen molar-refractivity contribution in [2.45, 2.75) is 26.3 Å². The Labute approximate surface area is 217 Å². The van der Waals surface area contributed by atoms with Gasteiger partial charge in [0.15, 0.2) is 5.65 Å². The number of hydrogen-bond acceptors (Lipinski definition) is 5. The van der Waals surface area contributed by atoms with Crippen LogP contribution in [0.25, 0.3) is 27.6 Å². The number of benzene rings is 2. The standard InChI is InChI=1S/C27H25ClFN7O/c1-16-4-6-21(11-23(16)29)36-14-22-25(34-36)31-15-32-26(22)35-8-2-3-17(13-35)27(37)30-12-20-10-18-9-19(28)5-7-24(18)33-20/h4-7,9-11,14-15,17,33H,2-3,8,12-13H2,1H3,(H,30,37). The molecule has 3 aromatic heterocycles. The number of carbonyl (C=O) groups is 1. The molecule has 5 aromatic rings. The number of aromatic nitrogens is 5. The number of hydrogen-bond donors (Lipinski definition) is 2. The van der Waals surface area contributed by atoms with Gasteiger partial charge in [0.2, 0.25) is 5.91 Å². The fourth-order valence-corrected chi connectivity index (χ4v) is 5.08. The summed E-state index contributed by atoms with van der Waals surface area (Å²) in [5.74, 6) is 0.287. The molecule has 188 valence electrons. The molecule has 4 heterocycles. The van der Waals surface area contributed by atoms with Gasteiger partial charge < -0.3 is 15.2 Å². The van der Waals surface area contributed by atoms with Crippen LogP contribution in [0.5, 0.6) is 0 Å². The van der Waals surface area contributed by atoms with E-state index in [-0.39, 0.29) is 17.6 Å². The molecule has 37 heavy (non-hydrogen) atoms. The highest BCUT2D eigenvalue weighted by Crippen LogP contribution is 2.28. The number of anilines is 1. The Morgan fingerprint density at radius 1 is 1.22 bits per heavy atom. The fourth-order valence-electron chi connectivity index (χ4n) is 4.90. The molecule has 6 rings (SSSR count). The van der Waals surface area contributed by atoms with Crippen molar-refractivity contribution >= 4 is 45.3 Å². The number of nitrogens with one attached hydrogen (secondary N) is 2. The zero-order chi connectivity index (χ0) is 25.5. The van der Waals surface area contributed by atoms with Crippen molar-refractivity contribution in [2.24, 2.45) is 5.92 Å². The van der Waals surface area contributed by atoms with Crippen LogP contribution >= 0.6 is 11.6 Å². The molecule has 1 aliphatic heterocycles. The molecular formula is C27H25ClFN7O. The largest absolute Gasteiger partial charge is 0.357 e. The van der Waals surface area contributed by atoms with Crippen molar-refractivity contribution in [1.29, 1.82) is 0 Å². The van der Waals surface area contributed by atoms with E-state index in [1.807, 2.05) is 36.5 Å². The topological polar surface area (TPSA) is 91.7 Å². The lowest BCUT2D eigenvalue weighted by Gasteiger charge is -2.33. The van der Waals surface area contributed by atoms with E-state index < -0.39 is 0 Å². The summed E-state index contributed by atoms with van der Waals surface area (Å²) in [4.78, 5) is 27.3. The van der Waals surface area contributed by atoms with Crippen LogP contribution < -0.4 is 10.2 Å². The van der Waals surface area contributed by atoms with Crippen LogP contribution in [0.1, 0.15) is 24.1 Å². The van der Waals surface area contributed by atoms with Gasteiger partial charge in [0, 0.05) is 40.9 Å². The van der Waals surface area contributed by atoms with Crippen molar-refractivity contribution < 1.29 is 9.18 Å². The summed E-state index contributed by atoms with van der Waals surface area (Å²) in [6, 6.07) is 12.7. The molecule has 0 radical (unpaired) electrons. The molecule has 1 aliphatic rings. The molecule has 1 amide bonds. The number of piperidine rings is 1. The maximum absolute atomic E-state index is 14.1. The molecule has 0 saturated carbocycles. The van der Waals surface area contributed by atoms with Gasteiger partial charge in [-0.2, -0.15) is 0 Å². The first-order valence-corrected chi connectivity index (χ1v) is 12.6. The van der Waals surface area contributed by atoms with Gasteiger partial charge in [0.05, 0.1) is 23.5 Å². The van der Waals surface area contributed by atoms with E-state index in [1.54, 1.807) is 17.7 Å². The second kappa shape index (κ2) is 9.48. The van der Waals surface area contributed by atoms with E-state index in [9.17, 15) is 9.18 Å². The van der Waals surface area contributed by atoms with Crippen molar-refractivity contribution in [2.75, 3.05) is 18.0 Å². The SMILES string of the molecule is Cc1ccc(-n2cc3c(N4CCCC(C(=O)NCc5cc6cc(Cl)ccc6[nH]5)C4)ncnc3n2)cc1F. The quantitative estimate of drug-likeness (QED) is 0.345. The molecule has 0 spiro atoms. The summed E-state index contributed by atoms with van der Waals surface area (Å²) in [6.07, 6.45) is 4.98. The molecule has 2 N–H and O–H groups in total. The number of H-pyrrole nitrogens is 1. The first-order chi connectivity index (χ1) is 17.9. The van der Waals surface area contributed by atoms with Crippen molar-refractivity contribution in [1.82, 2.24) is 30.0 Å². The number of nitrogens with zero attached hydrogens (tertiary/aromatic N) is 5. The van der Waals surface area contributed by atoms with Gasteiger partial charge >= 0.3 is 0 Å². The fraction of sp³-hybridized carbons (Fsp3) is 0.259. The number of aromatic amines is 1. The number of halogens is 2. The van der Waals surface area contributed by atoms with E-state index in [0.717, 1.165) is 47.2 Å². The molecule has 10 heteroatoms. The van der Waals surface area contributed by atoms with Gasteiger partial charge in [0.1, 0.15) is 18.0 Å². The summed E-state index contributed by atoms with van der Waals surface area (Å²) in [6.45, 7) is 3.47. The number of fused-ring (bicyclic) bond motifs is 2. The van der Waals surface area contributed by atoms with Crippen LogP contribution in [-0.4, -0.2) is 43.7 Å². The number of rotatable bonds is 5. The van der Waals surface area contributed by atoms with E-state index in [0.29, 0.717) is 35.0 Å². The third-order valence-corrected chi connectivity index (χ3v) is 7.13. The second-order valence-electron chi connectivity index (χ2n) is 9.47. The summed E-state index contributed by atoms with van der Waals surface area (Å²) in [5.41, 5.74) is 3.63. The summed E-state index contributed by atoms with van der Waals surface area (Å²) in [7, 11) is 0. The number of amides is 1. The summed E-state index contributed by atoms with van der Waals surface area (Å²) in [5, 5.41) is 10.1. The van der Waals surface area contributed by atoms with Gasteiger partial charge in [0.25, 0.3) is 0 Å². The Hall–Kier alpha value is -3.98. The second-order valence-corrected chi connectivity index (χ2v) is 9.91. The maximum Gasteiger partial charge on any atom is 0.225 e.